The smallest absolute Gasteiger partial charge is 0.165 e. The van der Waals surface area contributed by atoms with Crippen molar-refractivity contribution in [3.8, 4) is 33.4 Å². The van der Waals surface area contributed by atoms with Gasteiger partial charge in [0.2, 0.25) is 0 Å². The molecule has 0 fully saturated rings. The zero-order chi connectivity index (χ0) is 79.7. The third kappa shape index (κ3) is 9.19. The highest BCUT2D eigenvalue weighted by atomic mass is 32.1. The van der Waals surface area contributed by atoms with Gasteiger partial charge in [0.1, 0.15) is 27.8 Å². The van der Waals surface area contributed by atoms with Gasteiger partial charge in [0, 0.05) is 136 Å². The first-order valence-corrected chi connectivity index (χ1v) is 44.0. The average Bonchev–Trinajstić information content (AvgIpc) is 1.53. The van der Waals surface area contributed by atoms with Gasteiger partial charge in [-0.15, -0.1) is 34.0 Å². The van der Waals surface area contributed by atoms with Crippen molar-refractivity contribution in [2.45, 2.75) is 0 Å². The minimum Gasteiger partial charge on any atom is -0.455 e. The molecule has 0 unspecified atom stereocenters. The highest BCUT2D eigenvalue weighted by Gasteiger charge is 2.30. The van der Waals surface area contributed by atoms with Crippen LogP contribution in [-0.2, 0) is 0 Å². The molecule has 0 bridgehead atoms. The van der Waals surface area contributed by atoms with E-state index < -0.39 is 0 Å². The molecule has 0 aliphatic carbocycles. The monoisotopic (exact) mass is 1610 g/mol. The van der Waals surface area contributed by atoms with Crippen LogP contribution in [0, 0.1) is 0 Å². The molecule has 0 aliphatic heterocycles. The van der Waals surface area contributed by atoms with Crippen molar-refractivity contribution in [3.63, 3.8) is 0 Å². The molecular weight excluding hydrogens is 1560 g/mol. The van der Waals surface area contributed by atoms with Crippen molar-refractivity contribution in [3.05, 3.63) is 352 Å². The first-order valence-electron chi connectivity index (χ1n) is 41.6. The second-order valence-corrected chi connectivity index (χ2v) is 36.0. The third-order valence-electron chi connectivity index (χ3n) is 26.3. The molecule has 12 heteroatoms. The standard InChI is InChI=1S/C38H19N3OS.C37H20N2S.C36H19N3S/c1-5-14-30-22(8-1)23-11-7-10-21(37(23)42-30)20-16-17-29-25(18-20)34-33-24-9-2-6-15-31(24)43-32(33)19-26-35-38(41(29)36(26)34)40-28-13-4-3-12-27(28)39-35;1-3-11-24-21(8-1)10-7-13-25(24)22-16-17-31-29(18-22)35-34-26-12-4-6-15-32(26)40-33(34)20-27-28-19-23-9-2-5-14-30(23)38-37(28)39(31)36(27)35;1-2-8-21-17-22(14-13-20(21)7-1)23-15-16-29-25(18-23)33-32-24-9-3-6-12-30(24)40-31(32)19-26-34-36(39(29)35(26)33)38-28-11-5-4-10-27(28)37-34/h1-19H;1-20H;1-19H. The van der Waals surface area contributed by atoms with E-state index in [4.69, 9.17) is 29.3 Å². The molecular formula is C111H58N8OS3. The normalized spacial score (nSPS) is 12.6. The lowest BCUT2D eigenvalue weighted by molar-refractivity contribution is 0.670. The van der Waals surface area contributed by atoms with E-state index in [1.54, 1.807) is 0 Å². The molecule has 31 rings (SSSR count). The molecule has 566 valence electrons. The van der Waals surface area contributed by atoms with Crippen molar-refractivity contribution < 1.29 is 4.42 Å². The van der Waals surface area contributed by atoms with E-state index in [-0.39, 0.29) is 0 Å². The Morgan fingerprint density at radius 2 is 0.610 bits per heavy atom. The molecule has 0 spiro atoms. The zero-order valence-electron chi connectivity index (χ0n) is 65.2. The van der Waals surface area contributed by atoms with E-state index in [9.17, 15) is 0 Å². The van der Waals surface area contributed by atoms with Crippen LogP contribution in [0.3, 0.4) is 0 Å². The first-order chi connectivity index (χ1) is 61.0. The van der Waals surface area contributed by atoms with Gasteiger partial charge in [-0.3, -0.25) is 13.2 Å². The summed E-state index contributed by atoms with van der Waals surface area (Å²) in [5, 5.41) is 29.0. The van der Waals surface area contributed by atoms with Crippen molar-refractivity contribution in [1.82, 2.24) is 38.1 Å². The summed E-state index contributed by atoms with van der Waals surface area (Å²) in [6.45, 7) is 0. The Morgan fingerprint density at radius 3 is 1.20 bits per heavy atom. The Hall–Kier alpha value is -15.6. The van der Waals surface area contributed by atoms with Crippen LogP contribution >= 0.6 is 34.0 Å². The van der Waals surface area contributed by atoms with Crippen molar-refractivity contribution in [2.24, 2.45) is 0 Å². The molecule has 0 amide bonds. The third-order valence-corrected chi connectivity index (χ3v) is 29.6. The molecule has 0 N–H and O–H groups in total. The van der Waals surface area contributed by atoms with E-state index in [0.717, 1.165) is 99.5 Å². The molecule has 0 atom stereocenters. The van der Waals surface area contributed by atoms with Gasteiger partial charge in [0.05, 0.1) is 60.7 Å². The Bertz CT molecular complexity index is 10100. The largest absolute Gasteiger partial charge is 0.455 e. The summed E-state index contributed by atoms with van der Waals surface area (Å²) in [5.41, 5.74) is 25.7. The SMILES string of the molecule is c1ccc2cc(-c3ccc4c(c3)c3c5c(cc6c7nc8ccccc8nc7n4c63)sc3ccccc35)ccc2c1.c1ccc2nc3c(cc2c1)c1cc2sc4ccccc4c2c2c4cc(-c5cccc6ccccc56)ccc4n3c12.c1ccc2nc3c(nc2c1)c1cc2sc4ccccc4c2c2c4cc(-c5cccc6c5oc5ccccc56)ccc4n3c12. The zero-order valence-corrected chi connectivity index (χ0v) is 67.6. The summed E-state index contributed by atoms with van der Waals surface area (Å²) in [5.74, 6) is 0. The molecule has 13 aromatic heterocycles. The average molecular weight is 1620 g/mol. The van der Waals surface area contributed by atoms with Crippen LogP contribution < -0.4 is 0 Å². The van der Waals surface area contributed by atoms with E-state index in [1.165, 1.54) is 186 Å². The van der Waals surface area contributed by atoms with Crippen LogP contribution in [-0.4, -0.2) is 38.1 Å². The molecule has 9 nitrogen and oxygen atoms in total. The number of benzene rings is 18. The summed E-state index contributed by atoms with van der Waals surface area (Å²) < 4.78 is 21.4. The Labute approximate surface area is 708 Å². The maximum Gasteiger partial charge on any atom is 0.165 e. The van der Waals surface area contributed by atoms with E-state index in [2.05, 4.69) is 323 Å². The lowest BCUT2D eigenvalue weighted by Crippen LogP contribution is -1.89. The quantitative estimate of drug-likeness (QED) is 0.175. The number of hydrogen-bond donors (Lipinski definition) is 0. The summed E-state index contributed by atoms with van der Waals surface area (Å²) in [7, 11) is 0. The van der Waals surface area contributed by atoms with Gasteiger partial charge in [-0.05, 0) is 171 Å². The molecule has 31 aromatic rings. The minimum atomic E-state index is 0.905. The molecule has 0 saturated carbocycles. The lowest BCUT2D eigenvalue weighted by Gasteiger charge is -2.08. The van der Waals surface area contributed by atoms with Crippen LogP contribution in [0.1, 0.15) is 0 Å². The van der Waals surface area contributed by atoms with Crippen LogP contribution in [0.15, 0.2) is 356 Å². The van der Waals surface area contributed by atoms with Gasteiger partial charge in [-0.1, -0.05) is 231 Å². The Balaban J connectivity index is 0.0000000928. The highest BCUT2D eigenvalue weighted by Crippen LogP contribution is 2.53. The van der Waals surface area contributed by atoms with Gasteiger partial charge in [-0.2, -0.15) is 0 Å². The number of fused-ring (bicyclic) bond motifs is 38. The van der Waals surface area contributed by atoms with Crippen molar-refractivity contribution >= 4 is 286 Å². The van der Waals surface area contributed by atoms with Crippen LogP contribution in [0.2, 0.25) is 0 Å². The van der Waals surface area contributed by atoms with E-state index in [1.807, 2.05) is 76.5 Å². The van der Waals surface area contributed by atoms with Gasteiger partial charge >= 0.3 is 0 Å². The van der Waals surface area contributed by atoms with Crippen LogP contribution in [0.4, 0.5) is 0 Å². The highest BCUT2D eigenvalue weighted by molar-refractivity contribution is 7.27. The summed E-state index contributed by atoms with van der Waals surface area (Å²) in [6.07, 6.45) is 0. The second kappa shape index (κ2) is 24.6. The fourth-order valence-electron chi connectivity index (χ4n) is 21.0. The summed E-state index contributed by atoms with van der Waals surface area (Å²) in [4.78, 5) is 25.9. The second-order valence-electron chi connectivity index (χ2n) is 32.7. The molecule has 13 heterocycles. The van der Waals surface area contributed by atoms with Crippen molar-refractivity contribution in [2.75, 3.05) is 0 Å². The van der Waals surface area contributed by atoms with Gasteiger partial charge in [0.15, 0.2) is 11.3 Å². The molecule has 123 heavy (non-hydrogen) atoms. The predicted octanol–water partition coefficient (Wildman–Crippen LogP) is 31.3. The number of furan rings is 1. The number of nitrogens with zero attached hydrogens (tertiary/aromatic N) is 8. The topological polar surface area (TPSA) is 90.8 Å². The molecule has 0 radical (unpaired) electrons. The lowest BCUT2D eigenvalue weighted by atomic mass is 9.96. The van der Waals surface area contributed by atoms with Gasteiger partial charge in [-0.25, -0.2) is 24.9 Å². The van der Waals surface area contributed by atoms with Crippen molar-refractivity contribution in [1.29, 1.82) is 0 Å². The fourth-order valence-corrected chi connectivity index (χ4v) is 24.4. The molecule has 0 saturated heterocycles. The van der Waals surface area contributed by atoms with Crippen LogP contribution in [0.5, 0.6) is 0 Å². The van der Waals surface area contributed by atoms with E-state index in [0.29, 0.717) is 0 Å². The number of para-hydroxylation sites is 7. The summed E-state index contributed by atoms with van der Waals surface area (Å²) in [6, 6.07) is 127. The number of thiophene rings is 3. The number of hydrogen-bond acceptors (Lipinski definition) is 9. The van der Waals surface area contributed by atoms with Crippen LogP contribution in [0.25, 0.3) is 285 Å². The predicted molar refractivity (Wildman–Crippen MR) is 522 cm³/mol. The Kier molecular flexibility index (Phi) is 13.3. The molecule has 18 aromatic carbocycles. The van der Waals surface area contributed by atoms with Gasteiger partial charge in [0.25, 0.3) is 0 Å². The minimum absolute atomic E-state index is 0.905. The number of aromatic nitrogens is 8. The summed E-state index contributed by atoms with van der Waals surface area (Å²) >= 11 is 5.61. The fraction of sp³-hybridized carbons (Fsp3) is 0. The molecule has 0 aliphatic rings. The number of pyridine rings is 1. The van der Waals surface area contributed by atoms with E-state index >= 15 is 0 Å². The Morgan fingerprint density at radius 1 is 0.211 bits per heavy atom. The first kappa shape index (κ1) is 66.3. The maximum atomic E-state index is 6.45. The maximum absolute atomic E-state index is 6.45. The number of rotatable bonds is 3. The van der Waals surface area contributed by atoms with Gasteiger partial charge < -0.3 is 4.42 Å².